The Bertz CT molecular complexity index is 522. The Labute approximate surface area is 195 Å². The summed E-state index contributed by atoms with van der Waals surface area (Å²) in [7, 11) is 0. The minimum absolute atomic E-state index is 0.613. The van der Waals surface area contributed by atoms with Gasteiger partial charge < -0.3 is 23.8 Å². The lowest BCUT2D eigenvalue weighted by Gasteiger charge is -2.41. The average molecular weight is 452 g/mol. The van der Waals surface area contributed by atoms with Gasteiger partial charge in [-0.05, 0) is 30.7 Å². The number of hydrogen-bond donors (Lipinski definition) is 0. The monoisotopic (exact) mass is 451 g/mol. The third-order valence-electron chi connectivity index (χ3n) is 5.43. The van der Waals surface area contributed by atoms with Crippen LogP contribution in [0.2, 0.25) is 0 Å². The largest absolute Gasteiger partial charge is 0.379 e. The van der Waals surface area contributed by atoms with Gasteiger partial charge in [-0.2, -0.15) is 0 Å². The zero-order valence-electron chi connectivity index (χ0n) is 20.5. The lowest BCUT2D eigenvalue weighted by atomic mass is 9.80. The smallest absolute Gasteiger partial charge is 0.209 e. The molecule has 1 atom stereocenters. The number of carbonyl (C=O) groups is 1. The molecule has 6 heteroatoms. The van der Waals surface area contributed by atoms with Crippen molar-refractivity contribution in [1.29, 1.82) is 0 Å². The van der Waals surface area contributed by atoms with Crippen LogP contribution in [0.1, 0.15) is 57.9 Å². The van der Waals surface area contributed by atoms with Gasteiger partial charge in [0.25, 0.3) is 0 Å². The molecular formula is C26H45NO5. The van der Waals surface area contributed by atoms with Crippen molar-refractivity contribution < 1.29 is 23.7 Å². The van der Waals surface area contributed by atoms with Gasteiger partial charge in [0.1, 0.15) is 0 Å². The van der Waals surface area contributed by atoms with Gasteiger partial charge in [-0.1, -0.05) is 57.5 Å². The number of amides is 1. The SMILES string of the molecule is CCC(c1ccccc1)C1CN(C=O)C1.CCCCOCCOCCOCCOCCC. The number of likely N-dealkylation sites (tertiary alicyclic amines) is 1. The topological polar surface area (TPSA) is 57.2 Å². The van der Waals surface area contributed by atoms with E-state index in [-0.39, 0.29) is 0 Å². The highest BCUT2D eigenvalue weighted by Gasteiger charge is 2.32. The lowest BCUT2D eigenvalue weighted by Crippen LogP contribution is -2.48. The molecule has 0 radical (unpaired) electrons. The van der Waals surface area contributed by atoms with Crippen molar-refractivity contribution in [2.45, 2.75) is 52.4 Å². The van der Waals surface area contributed by atoms with Crippen LogP contribution >= 0.6 is 0 Å². The summed E-state index contributed by atoms with van der Waals surface area (Å²) in [5.41, 5.74) is 1.41. The van der Waals surface area contributed by atoms with Crippen molar-refractivity contribution in [3.8, 4) is 0 Å². The number of rotatable bonds is 18. The fourth-order valence-corrected chi connectivity index (χ4v) is 3.58. The van der Waals surface area contributed by atoms with Gasteiger partial charge in [0.2, 0.25) is 6.41 Å². The van der Waals surface area contributed by atoms with E-state index in [1.54, 1.807) is 0 Å². The second-order valence-corrected chi connectivity index (χ2v) is 8.05. The molecule has 2 rings (SSSR count). The van der Waals surface area contributed by atoms with Crippen LogP contribution in [0.25, 0.3) is 0 Å². The van der Waals surface area contributed by atoms with Crippen LogP contribution in [0.3, 0.4) is 0 Å². The molecule has 1 fully saturated rings. The molecule has 0 N–H and O–H groups in total. The number of nitrogens with zero attached hydrogens (tertiary/aromatic N) is 1. The molecule has 1 aliphatic heterocycles. The molecule has 0 bridgehead atoms. The summed E-state index contributed by atoms with van der Waals surface area (Å²) in [6.45, 7) is 13.9. The number of benzene rings is 1. The van der Waals surface area contributed by atoms with Crippen LogP contribution in [0, 0.1) is 5.92 Å². The van der Waals surface area contributed by atoms with Crippen LogP contribution in [0.4, 0.5) is 0 Å². The molecule has 1 heterocycles. The first-order valence-electron chi connectivity index (χ1n) is 12.3. The van der Waals surface area contributed by atoms with Gasteiger partial charge in [-0.15, -0.1) is 0 Å². The Balaban J connectivity index is 0.000000321. The van der Waals surface area contributed by atoms with Gasteiger partial charge in [0.15, 0.2) is 0 Å². The van der Waals surface area contributed by atoms with Crippen molar-refractivity contribution in [3.63, 3.8) is 0 Å². The second kappa shape index (κ2) is 20.2. The highest BCUT2D eigenvalue weighted by atomic mass is 16.6. The number of ether oxygens (including phenoxy) is 4. The predicted octanol–water partition coefficient (Wildman–Crippen LogP) is 4.53. The van der Waals surface area contributed by atoms with Gasteiger partial charge in [0, 0.05) is 32.2 Å². The Morgan fingerprint density at radius 3 is 1.81 bits per heavy atom. The maximum Gasteiger partial charge on any atom is 0.209 e. The standard InChI is InChI=1S/C13H17NO.C13H28O4/c1-2-13(11-6-4-3-5-7-11)12-8-14(9-12)10-15;1-3-5-7-15-9-11-17-13-12-16-10-8-14-6-4-2/h3-7,10,12-13H,2,8-9H2,1H3;3-13H2,1-2H3. The molecule has 6 nitrogen and oxygen atoms in total. The molecule has 1 aliphatic rings. The van der Waals surface area contributed by atoms with Gasteiger partial charge >= 0.3 is 0 Å². The molecule has 0 spiro atoms. The summed E-state index contributed by atoms with van der Waals surface area (Å²) >= 11 is 0. The molecule has 0 aliphatic carbocycles. The maximum atomic E-state index is 10.5. The Hall–Kier alpha value is -1.47. The first-order chi connectivity index (χ1) is 15.8. The highest BCUT2D eigenvalue weighted by Crippen LogP contribution is 2.33. The Morgan fingerprint density at radius 2 is 1.34 bits per heavy atom. The fourth-order valence-electron chi connectivity index (χ4n) is 3.58. The van der Waals surface area contributed by atoms with E-state index in [0.29, 0.717) is 51.5 Å². The summed E-state index contributed by atoms with van der Waals surface area (Å²) < 4.78 is 21.3. The lowest BCUT2D eigenvalue weighted by molar-refractivity contribution is -0.124. The first kappa shape index (κ1) is 28.6. The normalized spacial score (nSPS) is 14.4. The third-order valence-corrected chi connectivity index (χ3v) is 5.43. The van der Waals surface area contributed by atoms with Crippen LogP contribution in [0.15, 0.2) is 30.3 Å². The first-order valence-corrected chi connectivity index (χ1v) is 12.3. The van der Waals surface area contributed by atoms with Crippen molar-refractivity contribution >= 4 is 6.41 Å². The van der Waals surface area contributed by atoms with Crippen molar-refractivity contribution in [3.05, 3.63) is 35.9 Å². The molecule has 184 valence electrons. The van der Waals surface area contributed by atoms with E-state index < -0.39 is 0 Å². The van der Waals surface area contributed by atoms with Gasteiger partial charge in [-0.3, -0.25) is 4.79 Å². The zero-order valence-corrected chi connectivity index (χ0v) is 20.5. The van der Waals surface area contributed by atoms with Crippen molar-refractivity contribution in [2.75, 3.05) is 65.9 Å². The van der Waals surface area contributed by atoms with E-state index >= 15 is 0 Å². The molecule has 1 saturated heterocycles. The molecule has 1 aromatic rings. The Morgan fingerprint density at radius 1 is 0.812 bits per heavy atom. The second-order valence-electron chi connectivity index (χ2n) is 8.05. The van der Waals surface area contributed by atoms with E-state index in [9.17, 15) is 4.79 Å². The zero-order chi connectivity index (χ0) is 23.3. The third kappa shape index (κ3) is 13.2. The average Bonchev–Trinajstić information content (AvgIpc) is 2.80. The quantitative estimate of drug-likeness (QED) is 0.242. The number of hydrogen-bond acceptors (Lipinski definition) is 5. The van der Waals surface area contributed by atoms with Crippen LogP contribution in [-0.2, 0) is 23.7 Å². The van der Waals surface area contributed by atoms with E-state index in [2.05, 4.69) is 51.1 Å². The van der Waals surface area contributed by atoms with E-state index in [1.807, 2.05) is 4.90 Å². The Kier molecular flexibility index (Phi) is 18.0. The molecule has 0 aromatic heterocycles. The summed E-state index contributed by atoms with van der Waals surface area (Å²) in [4.78, 5) is 12.3. The molecule has 1 amide bonds. The van der Waals surface area contributed by atoms with Gasteiger partial charge in [0.05, 0.1) is 39.6 Å². The minimum Gasteiger partial charge on any atom is -0.379 e. The van der Waals surface area contributed by atoms with Crippen LogP contribution in [0.5, 0.6) is 0 Å². The fraction of sp³-hybridized carbons (Fsp3) is 0.731. The minimum atomic E-state index is 0.613. The summed E-state index contributed by atoms with van der Waals surface area (Å²) in [5.74, 6) is 1.27. The summed E-state index contributed by atoms with van der Waals surface area (Å²) in [6.07, 6.45) is 5.46. The van der Waals surface area contributed by atoms with E-state index in [0.717, 1.165) is 52.0 Å². The molecule has 1 aromatic carbocycles. The molecule has 1 unspecified atom stereocenters. The van der Waals surface area contributed by atoms with E-state index in [1.165, 1.54) is 12.0 Å². The van der Waals surface area contributed by atoms with Gasteiger partial charge in [-0.25, -0.2) is 0 Å². The van der Waals surface area contributed by atoms with E-state index in [4.69, 9.17) is 18.9 Å². The van der Waals surface area contributed by atoms with Crippen molar-refractivity contribution in [1.82, 2.24) is 4.90 Å². The molecular weight excluding hydrogens is 406 g/mol. The van der Waals surface area contributed by atoms with Crippen molar-refractivity contribution in [2.24, 2.45) is 5.92 Å². The summed E-state index contributed by atoms with van der Waals surface area (Å²) in [5, 5.41) is 0. The highest BCUT2D eigenvalue weighted by molar-refractivity contribution is 5.49. The molecule has 32 heavy (non-hydrogen) atoms. The predicted molar refractivity (Wildman–Crippen MR) is 129 cm³/mol. The summed E-state index contributed by atoms with van der Waals surface area (Å²) in [6, 6.07) is 10.6. The maximum absolute atomic E-state index is 10.5. The van der Waals surface area contributed by atoms with Crippen LogP contribution < -0.4 is 0 Å². The molecule has 0 saturated carbocycles. The van der Waals surface area contributed by atoms with Crippen LogP contribution in [-0.4, -0.2) is 77.3 Å². The number of carbonyl (C=O) groups excluding carboxylic acids is 1. The number of unbranched alkanes of at least 4 members (excludes halogenated alkanes) is 1.